The zero-order valence-electron chi connectivity index (χ0n) is 8.93. The van der Waals surface area contributed by atoms with Crippen LogP contribution < -0.4 is 11.3 Å². The molecule has 17 heavy (non-hydrogen) atoms. The van der Waals surface area contributed by atoms with E-state index < -0.39 is 6.04 Å². The molecule has 0 aliphatic heterocycles. The Morgan fingerprint density at radius 3 is 2.65 bits per heavy atom. The van der Waals surface area contributed by atoms with Gasteiger partial charge in [-0.25, -0.2) is 9.07 Å². The van der Waals surface area contributed by atoms with E-state index in [4.69, 9.17) is 10.8 Å². The molecule has 0 aliphatic rings. The number of rotatable bonds is 3. The molecule has 2 rings (SSSR count). The Balaban J connectivity index is 2.42. The number of aliphatic hydroxyl groups excluding tert-OH is 1. The van der Waals surface area contributed by atoms with Crippen LogP contribution >= 0.6 is 0 Å². The normalized spacial score (nSPS) is 12.6. The monoisotopic (exact) mass is 237 g/mol. The zero-order chi connectivity index (χ0) is 12.4. The predicted octanol–water partition coefficient (Wildman–Crippen LogP) is 0.297. The fourth-order valence-corrected chi connectivity index (χ4v) is 1.48. The molecule has 2 aromatic rings. The maximum absolute atomic E-state index is 12.7. The lowest BCUT2D eigenvalue weighted by molar-refractivity contribution is 0.265. The van der Waals surface area contributed by atoms with Crippen LogP contribution in [-0.4, -0.2) is 21.5 Å². The van der Waals surface area contributed by atoms with Crippen LogP contribution in [0, 0.1) is 5.82 Å². The summed E-state index contributed by atoms with van der Waals surface area (Å²) in [5, 5.41) is 11.7. The summed E-state index contributed by atoms with van der Waals surface area (Å²) in [7, 11) is 0. The molecule has 0 radical (unpaired) electrons. The maximum Gasteiger partial charge on any atom is 0.271 e. The minimum absolute atomic E-state index is 0.261. The van der Waals surface area contributed by atoms with Gasteiger partial charge in [-0.2, -0.15) is 0 Å². The third-order valence-corrected chi connectivity index (χ3v) is 2.42. The quantitative estimate of drug-likeness (QED) is 0.717. The van der Waals surface area contributed by atoms with E-state index in [9.17, 15) is 9.18 Å². The molecule has 1 unspecified atom stereocenters. The first-order valence-corrected chi connectivity index (χ1v) is 5.06. The molecule has 1 heterocycles. The second kappa shape index (κ2) is 4.52. The molecule has 90 valence electrons. The van der Waals surface area contributed by atoms with Gasteiger partial charge in [-0.05, 0) is 24.3 Å². The average molecular weight is 237 g/mol. The number of halogens is 1. The number of benzene rings is 1. The van der Waals surface area contributed by atoms with Gasteiger partial charge in [0.05, 0.1) is 24.0 Å². The van der Waals surface area contributed by atoms with Gasteiger partial charge in [0.2, 0.25) is 0 Å². The number of H-pyrrole nitrogens is 1. The fourth-order valence-electron chi connectivity index (χ4n) is 1.48. The summed E-state index contributed by atoms with van der Waals surface area (Å²) in [6, 6.07) is 6.14. The van der Waals surface area contributed by atoms with Crippen LogP contribution in [0.5, 0.6) is 0 Å². The standard InChI is InChI=1S/C11H12FN3O2/c12-7-1-3-8(4-2-7)15-11(17)5-10(14-15)9(13)6-16/h1-5,9,14,16H,6,13H2. The minimum atomic E-state index is -0.635. The molecule has 0 bridgehead atoms. The van der Waals surface area contributed by atoms with Gasteiger partial charge < -0.3 is 10.8 Å². The van der Waals surface area contributed by atoms with Gasteiger partial charge in [0.15, 0.2) is 0 Å². The van der Waals surface area contributed by atoms with Gasteiger partial charge in [-0.1, -0.05) is 0 Å². The smallest absolute Gasteiger partial charge is 0.271 e. The molecule has 1 aromatic carbocycles. The number of hydrogen-bond acceptors (Lipinski definition) is 3. The first-order chi connectivity index (χ1) is 8.11. The van der Waals surface area contributed by atoms with E-state index in [2.05, 4.69) is 5.10 Å². The second-order valence-corrected chi connectivity index (χ2v) is 3.65. The molecule has 0 saturated heterocycles. The Morgan fingerprint density at radius 1 is 1.41 bits per heavy atom. The number of aromatic nitrogens is 2. The highest BCUT2D eigenvalue weighted by molar-refractivity contribution is 5.31. The summed E-state index contributed by atoms with van der Waals surface area (Å²) in [4.78, 5) is 11.6. The molecule has 5 nitrogen and oxygen atoms in total. The summed E-state index contributed by atoms with van der Waals surface area (Å²) in [5.74, 6) is -0.374. The Hall–Kier alpha value is -1.92. The van der Waals surface area contributed by atoms with Crippen LogP contribution in [0.2, 0.25) is 0 Å². The van der Waals surface area contributed by atoms with Crippen molar-refractivity contribution < 1.29 is 9.50 Å². The lowest BCUT2D eigenvalue weighted by atomic mass is 10.2. The van der Waals surface area contributed by atoms with Gasteiger partial charge in [0.25, 0.3) is 5.56 Å². The Kier molecular flexibility index (Phi) is 3.08. The van der Waals surface area contributed by atoms with Crippen LogP contribution in [0.1, 0.15) is 11.7 Å². The van der Waals surface area contributed by atoms with Gasteiger partial charge in [0.1, 0.15) is 5.82 Å². The van der Waals surface area contributed by atoms with Crippen LogP contribution in [0.15, 0.2) is 35.1 Å². The Morgan fingerprint density at radius 2 is 2.06 bits per heavy atom. The third kappa shape index (κ3) is 2.27. The first-order valence-electron chi connectivity index (χ1n) is 5.06. The zero-order valence-corrected chi connectivity index (χ0v) is 8.93. The van der Waals surface area contributed by atoms with Crippen molar-refractivity contribution in [3.63, 3.8) is 0 Å². The molecule has 0 amide bonds. The van der Waals surface area contributed by atoms with E-state index in [0.29, 0.717) is 11.4 Å². The minimum Gasteiger partial charge on any atom is -0.394 e. The second-order valence-electron chi connectivity index (χ2n) is 3.65. The summed E-state index contributed by atoms with van der Waals surface area (Å²) in [5.41, 5.74) is 6.21. The number of nitrogens with one attached hydrogen (secondary N) is 1. The van der Waals surface area contributed by atoms with Crippen molar-refractivity contribution in [1.82, 2.24) is 9.78 Å². The summed E-state index contributed by atoms with van der Waals surface area (Å²) < 4.78 is 14.0. The number of aliphatic hydroxyl groups is 1. The highest BCUT2D eigenvalue weighted by atomic mass is 19.1. The fraction of sp³-hybridized carbons (Fsp3) is 0.182. The summed E-state index contributed by atoms with van der Waals surface area (Å²) >= 11 is 0. The van der Waals surface area contributed by atoms with E-state index in [1.165, 1.54) is 35.0 Å². The van der Waals surface area contributed by atoms with E-state index in [-0.39, 0.29) is 18.0 Å². The van der Waals surface area contributed by atoms with Crippen molar-refractivity contribution in [2.75, 3.05) is 6.61 Å². The maximum atomic E-state index is 12.7. The average Bonchev–Trinajstić information content (AvgIpc) is 2.71. The summed E-state index contributed by atoms with van der Waals surface area (Å²) in [6.07, 6.45) is 0. The van der Waals surface area contributed by atoms with Crippen molar-refractivity contribution in [1.29, 1.82) is 0 Å². The van der Waals surface area contributed by atoms with Crippen molar-refractivity contribution in [2.45, 2.75) is 6.04 Å². The van der Waals surface area contributed by atoms with E-state index in [1.54, 1.807) is 0 Å². The molecule has 1 aromatic heterocycles. The highest BCUT2D eigenvalue weighted by Crippen LogP contribution is 2.08. The lowest BCUT2D eigenvalue weighted by Gasteiger charge is -2.05. The van der Waals surface area contributed by atoms with Crippen molar-refractivity contribution in [2.24, 2.45) is 5.73 Å². The molecule has 6 heteroatoms. The van der Waals surface area contributed by atoms with E-state index in [0.717, 1.165) is 0 Å². The number of nitrogens with zero attached hydrogens (tertiary/aromatic N) is 1. The van der Waals surface area contributed by atoms with Crippen LogP contribution in [0.25, 0.3) is 5.69 Å². The molecule has 1 atom stereocenters. The molecule has 0 saturated carbocycles. The Labute approximate surface area is 96.3 Å². The molecule has 0 spiro atoms. The number of hydrogen-bond donors (Lipinski definition) is 3. The van der Waals surface area contributed by atoms with E-state index in [1.807, 2.05) is 0 Å². The number of nitrogens with two attached hydrogens (primary N) is 1. The van der Waals surface area contributed by atoms with Gasteiger partial charge in [-0.3, -0.25) is 9.89 Å². The molecular weight excluding hydrogens is 225 g/mol. The molecule has 4 N–H and O–H groups in total. The highest BCUT2D eigenvalue weighted by Gasteiger charge is 2.10. The largest absolute Gasteiger partial charge is 0.394 e. The van der Waals surface area contributed by atoms with Crippen LogP contribution in [0.3, 0.4) is 0 Å². The lowest BCUT2D eigenvalue weighted by Crippen LogP contribution is -2.15. The SMILES string of the molecule is NC(CO)c1cc(=O)n(-c2ccc(F)cc2)[nH]1. The third-order valence-electron chi connectivity index (χ3n) is 2.42. The van der Waals surface area contributed by atoms with Crippen molar-refractivity contribution in [3.05, 3.63) is 52.2 Å². The van der Waals surface area contributed by atoms with Gasteiger partial charge >= 0.3 is 0 Å². The van der Waals surface area contributed by atoms with Gasteiger partial charge in [-0.15, -0.1) is 0 Å². The molecule has 0 fully saturated rings. The number of aromatic amines is 1. The van der Waals surface area contributed by atoms with Crippen molar-refractivity contribution in [3.8, 4) is 5.69 Å². The predicted molar refractivity (Wildman–Crippen MR) is 60.4 cm³/mol. The molecular formula is C11H12FN3O2. The molecule has 0 aliphatic carbocycles. The topological polar surface area (TPSA) is 84.0 Å². The van der Waals surface area contributed by atoms with Crippen LogP contribution in [-0.2, 0) is 0 Å². The first kappa shape index (κ1) is 11.6. The Bertz CT molecular complexity index is 559. The van der Waals surface area contributed by atoms with Crippen molar-refractivity contribution >= 4 is 0 Å². The van der Waals surface area contributed by atoms with E-state index >= 15 is 0 Å². The summed E-state index contributed by atoms with van der Waals surface area (Å²) in [6.45, 7) is -0.261. The van der Waals surface area contributed by atoms with Crippen LogP contribution in [0.4, 0.5) is 4.39 Å². The van der Waals surface area contributed by atoms with Gasteiger partial charge in [0, 0.05) is 6.07 Å².